The molecule has 0 aromatic heterocycles. The molecule has 0 amide bonds. The van der Waals surface area contributed by atoms with Crippen molar-refractivity contribution in [3.8, 4) is 11.5 Å². The predicted octanol–water partition coefficient (Wildman–Crippen LogP) is 8.03. The normalized spacial score (nSPS) is 11.9. The Morgan fingerprint density at radius 1 is 0.914 bits per heavy atom. The molecule has 1 aliphatic heterocycles. The molecule has 0 aliphatic carbocycles. The van der Waals surface area contributed by atoms with Gasteiger partial charge in [-0.2, -0.15) is 0 Å². The van der Waals surface area contributed by atoms with E-state index in [4.69, 9.17) is 21.1 Å². The number of allylic oxidation sites excluding steroid dienone is 1. The van der Waals surface area contributed by atoms with Gasteiger partial charge in [-0.3, -0.25) is 4.79 Å². The van der Waals surface area contributed by atoms with Crippen LogP contribution in [0.25, 0.3) is 6.08 Å². The maximum absolute atomic E-state index is 12.9. The van der Waals surface area contributed by atoms with Crippen molar-refractivity contribution in [2.75, 3.05) is 12.4 Å². The van der Waals surface area contributed by atoms with Crippen molar-refractivity contribution in [3.05, 3.63) is 113 Å². The van der Waals surface area contributed by atoms with E-state index >= 15 is 0 Å². The summed E-state index contributed by atoms with van der Waals surface area (Å²) >= 11 is 7.64. The van der Waals surface area contributed by atoms with Gasteiger partial charge in [-0.25, -0.2) is 0 Å². The van der Waals surface area contributed by atoms with Gasteiger partial charge in [-0.05, 0) is 71.8 Å². The maximum Gasteiger partial charge on any atom is 0.185 e. The second-order valence-electron chi connectivity index (χ2n) is 7.96. The Hall–Kier alpha value is -3.67. The zero-order valence-electron chi connectivity index (χ0n) is 19.0. The zero-order valence-corrected chi connectivity index (χ0v) is 20.5. The van der Waals surface area contributed by atoms with E-state index in [2.05, 4.69) is 11.4 Å². The second-order valence-corrected chi connectivity index (χ2v) is 9.48. The number of hydrogen-bond donors (Lipinski definition) is 1. The quantitative estimate of drug-likeness (QED) is 0.181. The minimum absolute atomic E-state index is 0.0690. The number of ether oxygens (including phenoxy) is 2. The largest absolute Gasteiger partial charge is 0.493 e. The highest BCUT2D eigenvalue weighted by molar-refractivity contribution is 7.99. The van der Waals surface area contributed by atoms with Crippen molar-refractivity contribution in [2.45, 2.75) is 16.4 Å². The Balaban J connectivity index is 1.27. The monoisotopic (exact) mass is 499 g/mol. The summed E-state index contributed by atoms with van der Waals surface area (Å²) in [5.41, 5.74) is 4.47. The van der Waals surface area contributed by atoms with Gasteiger partial charge in [0.2, 0.25) is 0 Å². The fourth-order valence-electron chi connectivity index (χ4n) is 3.71. The Kier molecular flexibility index (Phi) is 6.80. The Morgan fingerprint density at radius 3 is 2.54 bits per heavy atom. The average Bonchev–Trinajstić information content (AvgIpc) is 2.90. The molecule has 6 heteroatoms. The number of halogens is 1. The predicted molar refractivity (Wildman–Crippen MR) is 142 cm³/mol. The summed E-state index contributed by atoms with van der Waals surface area (Å²) in [5, 5.41) is 4.11. The molecule has 0 radical (unpaired) electrons. The number of carbonyl (C=O) groups excluding carboxylic acids is 1. The van der Waals surface area contributed by atoms with Crippen molar-refractivity contribution >= 4 is 46.6 Å². The van der Waals surface area contributed by atoms with E-state index < -0.39 is 0 Å². The van der Waals surface area contributed by atoms with Gasteiger partial charge in [0, 0.05) is 20.4 Å². The molecule has 35 heavy (non-hydrogen) atoms. The van der Waals surface area contributed by atoms with Crippen LogP contribution in [0.5, 0.6) is 11.5 Å². The van der Waals surface area contributed by atoms with Crippen molar-refractivity contribution in [2.24, 2.45) is 0 Å². The van der Waals surface area contributed by atoms with Crippen molar-refractivity contribution in [1.82, 2.24) is 0 Å². The number of nitrogens with one attached hydrogen (secondary N) is 1. The van der Waals surface area contributed by atoms with Crippen LogP contribution in [0.4, 0.5) is 11.4 Å². The highest BCUT2D eigenvalue weighted by Crippen LogP contribution is 2.44. The van der Waals surface area contributed by atoms with Gasteiger partial charge in [0.05, 0.1) is 18.5 Å². The molecule has 4 aromatic rings. The van der Waals surface area contributed by atoms with E-state index in [0.717, 1.165) is 27.4 Å². The molecule has 0 saturated carbocycles. The molecule has 0 spiro atoms. The smallest absolute Gasteiger partial charge is 0.185 e. The Labute approximate surface area is 213 Å². The molecule has 0 fully saturated rings. The first-order valence-electron chi connectivity index (χ1n) is 11.0. The van der Waals surface area contributed by atoms with Crippen LogP contribution in [0.15, 0.2) is 101 Å². The van der Waals surface area contributed by atoms with Gasteiger partial charge in [0.15, 0.2) is 17.3 Å². The number of hydrogen-bond acceptors (Lipinski definition) is 5. The number of methoxy groups -OCH3 is 1. The van der Waals surface area contributed by atoms with Crippen LogP contribution in [0, 0.1) is 0 Å². The third-order valence-electron chi connectivity index (χ3n) is 5.56. The van der Waals surface area contributed by atoms with Crippen LogP contribution in [-0.2, 0) is 6.61 Å². The van der Waals surface area contributed by atoms with E-state index in [1.54, 1.807) is 31.0 Å². The Bertz CT molecular complexity index is 1420. The zero-order chi connectivity index (χ0) is 24.2. The van der Waals surface area contributed by atoms with E-state index in [9.17, 15) is 4.79 Å². The molecular weight excluding hydrogens is 478 g/mol. The molecule has 1 heterocycles. The minimum atomic E-state index is -0.0690. The van der Waals surface area contributed by atoms with E-state index in [1.165, 1.54) is 4.90 Å². The molecule has 0 saturated heterocycles. The fourth-order valence-corrected chi connectivity index (χ4v) is 4.80. The summed E-state index contributed by atoms with van der Waals surface area (Å²) < 4.78 is 11.4. The van der Waals surface area contributed by atoms with E-state index in [0.29, 0.717) is 28.7 Å². The van der Waals surface area contributed by atoms with Crippen LogP contribution >= 0.6 is 23.4 Å². The summed E-state index contributed by atoms with van der Waals surface area (Å²) in [4.78, 5) is 15.1. The summed E-state index contributed by atoms with van der Waals surface area (Å²) in [5.74, 6) is 1.16. The number of anilines is 2. The third-order valence-corrected chi connectivity index (χ3v) is 6.97. The SMILES string of the molecule is COc1cc(C=CC(=O)c2ccc3c(c2)Nc2ccccc2S3)ccc1OCc1ccc(Cl)cc1. The molecule has 0 atom stereocenters. The number of benzene rings is 4. The number of ketones is 1. The topological polar surface area (TPSA) is 47.6 Å². The molecule has 174 valence electrons. The van der Waals surface area contributed by atoms with Crippen molar-refractivity contribution in [3.63, 3.8) is 0 Å². The van der Waals surface area contributed by atoms with Crippen molar-refractivity contribution in [1.29, 1.82) is 0 Å². The summed E-state index contributed by atoms with van der Waals surface area (Å²) in [6.07, 6.45) is 3.36. The van der Waals surface area contributed by atoms with Crippen molar-refractivity contribution < 1.29 is 14.3 Å². The van der Waals surface area contributed by atoms with Crippen LogP contribution in [0.2, 0.25) is 5.02 Å². The average molecular weight is 500 g/mol. The lowest BCUT2D eigenvalue weighted by atomic mass is 10.1. The van der Waals surface area contributed by atoms with Crippen LogP contribution < -0.4 is 14.8 Å². The molecule has 1 aliphatic rings. The fraction of sp³-hybridized carbons (Fsp3) is 0.0690. The lowest BCUT2D eigenvalue weighted by Gasteiger charge is -2.20. The van der Waals surface area contributed by atoms with E-state index in [-0.39, 0.29) is 5.78 Å². The van der Waals surface area contributed by atoms with Gasteiger partial charge in [-0.15, -0.1) is 0 Å². The van der Waals surface area contributed by atoms with Crippen LogP contribution in [0.3, 0.4) is 0 Å². The second kappa shape index (κ2) is 10.3. The summed E-state index contributed by atoms with van der Waals surface area (Å²) in [7, 11) is 1.60. The lowest BCUT2D eigenvalue weighted by molar-refractivity contribution is 0.104. The standard InChI is InChI=1S/C29H22ClNO3S/c1-33-27-16-19(9-14-26(27)34-18-20-6-11-22(30)12-7-20)8-13-25(32)21-10-15-29-24(17-21)31-23-4-2-3-5-28(23)35-29/h2-17,31H,18H2,1H3. The maximum atomic E-state index is 12.9. The van der Waals surface area contributed by atoms with Gasteiger partial charge in [0.25, 0.3) is 0 Å². The third kappa shape index (κ3) is 5.37. The first kappa shape index (κ1) is 23.1. The van der Waals surface area contributed by atoms with Crippen LogP contribution in [0.1, 0.15) is 21.5 Å². The number of rotatable bonds is 7. The molecule has 0 bridgehead atoms. The molecule has 5 rings (SSSR count). The highest BCUT2D eigenvalue weighted by Gasteiger charge is 2.16. The molecule has 0 unspecified atom stereocenters. The molecule has 1 N–H and O–H groups in total. The van der Waals surface area contributed by atoms with Gasteiger partial charge < -0.3 is 14.8 Å². The summed E-state index contributed by atoms with van der Waals surface area (Å²) in [6.45, 7) is 0.399. The van der Waals surface area contributed by atoms with Gasteiger partial charge in [0.1, 0.15) is 6.61 Å². The number of para-hydroxylation sites is 1. The van der Waals surface area contributed by atoms with Gasteiger partial charge in [-0.1, -0.05) is 59.8 Å². The van der Waals surface area contributed by atoms with Gasteiger partial charge >= 0.3 is 0 Å². The lowest BCUT2D eigenvalue weighted by Crippen LogP contribution is -2.02. The number of carbonyl (C=O) groups is 1. The highest BCUT2D eigenvalue weighted by atomic mass is 35.5. The Morgan fingerprint density at radius 2 is 1.71 bits per heavy atom. The first-order chi connectivity index (χ1) is 17.1. The molecule has 4 aromatic carbocycles. The molecule has 4 nitrogen and oxygen atoms in total. The van der Waals surface area contributed by atoms with E-state index in [1.807, 2.05) is 78.9 Å². The molecular formula is C29H22ClNO3S. The van der Waals surface area contributed by atoms with Crippen LogP contribution in [-0.4, -0.2) is 12.9 Å². The number of fused-ring (bicyclic) bond motifs is 2. The summed E-state index contributed by atoms with van der Waals surface area (Å²) in [6, 6.07) is 27.0. The minimum Gasteiger partial charge on any atom is -0.493 e. The first-order valence-corrected chi connectivity index (χ1v) is 12.2.